The third kappa shape index (κ3) is 2.63. The first-order valence-corrected chi connectivity index (χ1v) is 11.4. The van der Waals surface area contributed by atoms with Crippen molar-refractivity contribution in [2.45, 2.75) is 65.3 Å². The van der Waals surface area contributed by atoms with Crippen LogP contribution in [0.4, 0.5) is 4.79 Å². The first kappa shape index (κ1) is 19.1. The van der Waals surface area contributed by atoms with E-state index in [4.69, 9.17) is 4.74 Å². The number of allylic oxidation sites excluding steroid dienone is 2. The van der Waals surface area contributed by atoms with E-state index in [9.17, 15) is 4.79 Å². The van der Waals surface area contributed by atoms with Gasteiger partial charge in [0.05, 0.1) is 7.11 Å². The molecule has 3 fully saturated rings. The van der Waals surface area contributed by atoms with E-state index in [1.165, 1.54) is 49.5 Å². The second-order valence-electron chi connectivity index (χ2n) is 10.4. The third-order valence-corrected chi connectivity index (χ3v) is 9.26. The molecule has 2 saturated carbocycles. The van der Waals surface area contributed by atoms with Crippen molar-refractivity contribution in [2.24, 2.45) is 28.6 Å². The van der Waals surface area contributed by atoms with Crippen molar-refractivity contribution in [1.82, 2.24) is 9.88 Å². The largest absolute Gasteiger partial charge is 0.453 e. The maximum Gasteiger partial charge on any atom is 0.409 e. The molecule has 156 valence electrons. The summed E-state index contributed by atoms with van der Waals surface area (Å²) < 4.78 is 5.09. The average Bonchev–Trinajstić information content (AvgIpc) is 3.24. The Labute approximate surface area is 174 Å². The van der Waals surface area contributed by atoms with Gasteiger partial charge in [-0.1, -0.05) is 19.9 Å². The van der Waals surface area contributed by atoms with Gasteiger partial charge in [-0.15, -0.1) is 0 Å². The normalized spacial score (nSPS) is 40.7. The van der Waals surface area contributed by atoms with E-state index >= 15 is 0 Å². The number of fused-ring (bicyclic) bond motifs is 5. The molecule has 2 heterocycles. The summed E-state index contributed by atoms with van der Waals surface area (Å²) in [7, 11) is 1.52. The molecule has 0 radical (unpaired) electrons. The number of likely N-dealkylation sites (tertiary alicyclic amines) is 1. The molecule has 0 spiro atoms. The highest BCUT2D eigenvalue weighted by Gasteiger charge is 2.61. The molecule has 2 unspecified atom stereocenters. The predicted molar refractivity (Wildman–Crippen MR) is 114 cm³/mol. The van der Waals surface area contributed by atoms with Crippen molar-refractivity contribution < 1.29 is 9.53 Å². The van der Waals surface area contributed by atoms with Crippen LogP contribution in [-0.2, 0) is 4.74 Å². The molecule has 0 N–H and O–H groups in total. The van der Waals surface area contributed by atoms with Crippen LogP contribution in [0, 0.1) is 35.5 Å². The number of ether oxygens (including phenoxy) is 1. The lowest BCUT2D eigenvalue weighted by Crippen LogP contribution is -2.54. The molecule has 3 aliphatic carbocycles. The van der Waals surface area contributed by atoms with Crippen LogP contribution < -0.4 is 0 Å². The fourth-order valence-corrected chi connectivity index (χ4v) is 7.87. The van der Waals surface area contributed by atoms with Crippen LogP contribution in [-0.4, -0.2) is 35.7 Å². The molecule has 1 amide bonds. The molecule has 29 heavy (non-hydrogen) atoms. The van der Waals surface area contributed by atoms with Crippen LogP contribution in [0.15, 0.2) is 24.5 Å². The minimum atomic E-state index is -0.130. The second-order valence-corrected chi connectivity index (χ2v) is 10.4. The number of amides is 1. The molecule has 4 nitrogen and oxygen atoms in total. The predicted octanol–water partition coefficient (Wildman–Crippen LogP) is 5.47. The number of nitrogens with zero attached hydrogens (tertiary/aromatic N) is 2. The lowest BCUT2D eigenvalue weighted by atomic mass is 9.48. The number of aromatic nitrogens is 1. The Hall–Kier alpha value is -1.84. The first-order valence-electron chi connectivity index (χ1n) is 11.4. The van der Waals surface area contributed by atoms with E-state index in [1.54, 1.807) is 0 Å². The summed E-state index contributed by atoms with van der Waals surface area (Å²) in [5.41, 5.74) is 4.61. The van der Waals surface area contributed by atoms with Gasteiger partial charge in [0, 0.05) is 25.0 Å². The van der Waals surface area contributed by atoms with Gasteiger partial charge in [0.2, 0.25) is 0 Å². The fourth-order valence-electron chi connectivity index (χ4n) is 7.87. The Balaban J connectivity index is 1.43. The monoisotopic (exact) mass is 394 g/mol. The van der Waals surface area contributed by atoms with Crippen molar-refractivity contribution in [2.75, 3.05) is 13.7 Å². The fraction of sp³-hybridized carbons (Fsp3) is 0.680. The Morgan fingerprint density at radius 2 is 2.00 bits per heavy atom. The molecule has 4 heteroatoms. The topological polar surface area (TPSA) is 42.4 Å². The molecule has 1 aromatic heterocycles. The molecular weight excluding hydrogens is 360 g/mol. The van der Waals surface area contributed by atoms with Gasteiger partial charge in [0.25, 0.3) is 0 Å². The number of hydrogen-bond acceptors (Lipinski definition) is 3. The zero-order valence-electron chi connectivity index (χ0n) is 18.3. The summed E-state index contributed by atoms with van der Waals surface area (Å²) >= 11 is 0. The number of hydrogen-bond donors (Lipinski definition) is 0. The molecular formula is C25H34N2O2. The van der Waals surface area contributed by atoms with Gasteiger partial charge in [-0.05, 0) is 96.8 Å². The SMILES string of the molecule is COC(=O)N1CC[C@]2(C)C3CC[C@]4(C)C(c5cncc(C)c5)=CC[C@H]4[C@@H]3CCC12. The van der Waals surface area contributed by atoms with E-state index in [1.807, 2.05) is 11.1 Å². The molecule has 0 bridgehead atoms. The standard InChI is InChI=1S/C25H34N2O2/c1-16-13-17(15-26-14-16)19-6-7-20-18-5-8-22-25(3,11-12-27(22)23(28)29-4)21(18)9-10-24(19,20)2/h6,13-15,18,20-22H,5,7-12H2,1-4H3/t18-,20-,21?,22?,24+,25+/m0/s1. The summed E-state index contributed by atoms with van der Waals surface area (Å²) in [5.74, 6) is 2.21. The zero-order valence-corrected chi connectivity index (χ0v) is 18.3. The third-order valence-electron chi connectivity index (χ3n) is 9.26. The highest BCUT2D eigenvalue weighted by Crippen LogP contribution is 2.66. The number of carbonyl (C=O) groups excluding carboxylic acids is 1. The van der Waals surface area contributed by atoms with Crippen molar-refractivity contribution in [3.05, 3.63) is 35.7 Å². The van der Waals surface area contributed by atoms with Crippen LogP contribution in [0.1, 0.15) is 63.5 Å². The van der Waals surface area contributed by atoms with Crippen molar-refractivity contribution >= 4 is 11.7 Å². The van der Waals surface area contributed by atoms with Crippen molar-refractivity contribution in [3.8, 4) is 0 Å². The number of methoxy groups -OCH3 is 1. The van der Waals surface area contributed by atoms with Crippen LogP contribution >= 0.6 is 0 Å². The van der Waals surface area contributed by atoms with Crippen LogP contribution in [0.3, 0.4) is 0 Å². The average molecular weight is 395 g/mol. The van der Waals surface area contributed by atoms with Gasteiger partial charge in [-0.3, -0.25) is 4.98 Å². The highest BCUT2D eigenvalue weighted by molar-refractivity contribution is 5.73. The smallest absolute Gasteiger partial charge is 0.409 e. The van der Waals surface area contributed by atoms with Gasteiger partial charge in [0.1, 0.15) is 0 Å². The van der Waals surface area contributed by atoms with Gasteiger partial charge < -0.3 is 9.64 Å². The first-order chi connectivity index (χ1) is 13.9. The van der Waals surface area contributed by atoms with Crippen LogP contribution in [0.5, 0.6) is 0 Å². The molecule has 0 aromatic carbocycles. The minimum absolute atomic E-state index is 0.130. The summed E-state index contributed by atoms with van der Waals surface area (Å²) in [5, 5.41) is 0. The summed E-state index contributed by atoms with van der Waals surface area (Å²) in [6, 6.07) is 2.66. The number of carbonyl (C=O) groups is 1. The lowest BCUT2D eigenvalue weighted by Gasteiger charge is -2.57. The number of aryl methyl sites for hydroxylation is 1. The van der Waals surface area contributed by atoms with Crippen molar-refractivity contribution in [1.29, 1.82) is 0 Å². The zero-order chi connectivity index (χ0) is 20.4. The van der Waals surface area contributed by atoms with Gasteiger partial charge in [-0.25, -0.2) is 4.79 Å². The van der Waals surface area contributed by atoms with E-state index < -0.39 is 0 Å². The second kappa shape index (κ2) is 6.58. The Morgan fingerprint density at radius 3 is 2.76 bits per heavy atom. The minimum Gasteiger partial charge on any atom is -0.453 e. The van der Waals surface area contributed by atoms with Gasteiger partial charge in [0.15, 0.2) is 0 Å². The summed E-state index contributed by atoms with van der Waals surface area (Å²) in [6.07, 6.45) is 13.6. The molecule has 1 aliphatic heterocycles. The van der Waals surface area contributed by atoms with E-state index in [0.717, 1.165) is 37.1 Å². The Bertz CT molecular complexity index is 864. The van der Waals surface area contributed by atoms with Crippen LogP contribution in [0.25, 0.3) is 5.57 Å². The molecule has 6 atom stereocenters. The summed E-state index contributed by atoms with van der Waals surface area (Å²) in [6.45, 7) is 7.97. The van der Waals surface area contributed by atoms with E-state index in [-0.39, 0.29) is 16.9 Å². The van der Waals surface area contributed by atoms with Crippen molar-refractivity contribution in [3.63, 3.8) is 0 Å². The molecule has 5 rings (SSSR count). The van der Waals surface area contributed by atoms with E-state index in [0.29, 0.717) is 6.04 Å². The molecule has 1 aromatic rings. The van der Waals surface area contributed by atoms with Crippen LogP contribution in [0.2, 0.25) is 0 Å². The number of pyridine rings is 1. The van der Waals surface area contributed by atoms with Gasteiger partial charge in [-0.2, -0.15) is 0 Å². The quantitative estimate of drug-likeness (QED) is 0.634. The molecule has 4 aliphatic rings. The maximum atomic E-state index is 12.3. The van der Waals surface area contributed by atoms with E-state index in [2.05, 4.69) is 44.1 Å². The highest BCUT2D eigenvalue weighted by atomic mass is 16.5. The Morgan fingerprint density at radius 1 is 1.17 bits per heavy atom. The lowest BCUT2D eigenvalue weighted by molar-refractivity contribution is -0.0608. The maximum absolute atomic E-state index is 12.3. The van der Waals surface area contributed by atoms with Gasteiger partial charge >= 0.3 is 6.09 Å². The molecule has 1 saturated heterocycles. The number of rotatable bonds is 1. The Kier molecular flexibility index (Phi) is 4.34. The summed E-state index contributed by atoms with van der Waals surface area (Å²) in [4.78, 5) is 18.8.